The van der Waals surface area contributed by atoms with Gasteiger partial charge in [0.05, 0.1) is 25.4 Å². The van der Waals surface area contributed by atoms with Gasteiger partial charge in [0, 0.05) is 12.8 Å². The van der Waals surface area contributed by atoms with Gasteiger partial charge in [0.15, 0.2) is 0 Å². The van der Waals surface area contributed by atoms with Crippen molar-refractivity contribution < 1.29 is 24.5 Å². The van der Waals surface area contributed by atoms with Crippen LogP contribution in [0, 0.1) is 0 Å². The smallest absolute Gasteiger partial charge is 0.305 e. The molecule has 0 aliphatic heterocycles. The summed E-state index contributed by atoms with van der Waals surface area (Å²) in [6.07, 6.45) is 65.6. The van der Waals surface area contributed by atoms with Crippen LogP contribution in [-0.4, -0.2) is 47.4 Å². The van der Waals surface area contributed by atoms with Crippen LogP contribution in [0.15, 0.2) is 36.5 Å². The number of carbonyl (C=O) groups excluding carboxylic acids is 2. The zero-order valence-corrected chi connectivity index (χ0v) is 42.8. The third-order valence-corrected chi connectivity index (χ3v) is 12.9. The number of carbonyl (C=O) groups is 2. The van der Waals surface area contributed by atoms with Crippen molar-refractivity contribution in [3.63, 3.8) is 0 Å². The lowest BCUT2D eigenvalue weighted by atomic mass is 10.0. The molecule has 0 heterocycles. The number of aliphatic hydroxyl groups is 2. The first-order valence-electron chi connectivity index (χ1n) is 28.2. The molecule has 0 aliphatic carbocycles. The fourth-order valence-electron chi connectivity index (χ4n) is 8.55. The van der Waals surface area contributed by atoms with E-state index in [1.807, 2.05) is 0 Å². The summed E-state index contributed by atoms with van der Waals surface area (Å²) in [5, 5.41) is 23.2. The van der Waals surface area contributed by atoms with Crippen LogP contribution >= 0.6 is 0 Å². The Morgan fingerprint density at radius 3 is 1.20 bits per heavy atom. The van der Waals surface area contributed by atoms with E-state index in [4.69, 9.17) is 4.74 Å². The third kappa shape index (κ3) is 49.5. The van der Waals surface area contributed by atoms with Gasteiger partial charge in [-0.1, -0.05) is 230 Å². The molecule has 0 rings (SSSR count). The summed E-state index contributed by atoms with van der Waals surface area (Å²) in [6, 6.07) is -0.553. The predicted molar refractivity (Wildman–Crippen MR) is 278 cm³/mol. The first-order chi connectivity index (χ1) is 31.5. The summed E-state index contributed by atoms with van der Waals surface area (Å²) in [4.78, 5) is 24.5. The van der Waals surface area contributed by atoms with Crippen molar-refractivity contribution in [1.82, 2.24) is 5.32 Å². The maximum Gasteiger partial charge on any atom is 0.305 e. The minimum atomic E-state index is -0.674. The Hall–Kier alpha value is -1.92. The van der Waals surface area contributed by atoms with E-state index in [0.717, 1.165) is 83.5 Å². The van der Waals surface area contributed by atoms with Gasteiger partial charge in [-0.05, 0) is 89.9 Å². The molecular formula is C58H109NO5. The van der Waals surface area contributed by atoms with Crippen LogP contribution in [0.2, 0.25) is 0 Å². The Kier molecular flexibility index (Phi) is 52.1. The lowest BCUT2D eigenvalue weighted by molar-refractivity contribution is -0.143. The quantitative estimate of drug-likeness (QED) is 0.0321. The highest BCUT2D eigenvalue weighted by Gasteiger charge is 2.20. The molecule has 0 aliphatic rings. The topological polar surface area (TPSA) is 95.9 Å². The van der Waals surface area contributed by atoms with Crippen LogP contribution in [0.3, 0.4) is 0 Å². The van der Waals surface area contributed by atoms with Crippen LogP contribution in [0.25, 0.3) is 0 Å². The Morgan fingerprint density at radius 2 is 0.781 bits per heavy atom. The summed E-state index contributed by atoms with van der Waals surface area (Å²) >= 11 is 0. The minimum Gasteiger partial charge on any atom is -0.466 e. The standard InChI is InChI=1S/C58H109NO5/c1-3-5-7-9-11-13-15-17-18-20-24-28-32-36-40-44-48-52-58(63)64-53-49-45-41-37-33-29-25-22-19-21-23-27-31-35-39-43-47-51-57(62)59-55(54-60)56(61)50-46-42-38-34-30-26-16-14-12-10-8-6-4-2/h17-19,22,29,33,55-56,60-61H,3-16,20-21,23-28,30-32,34-54H2,1-2H3,(H,59,62)/b18-17-,22-19-,33-29-. The molecule has 0 aromatic rings. The predicted octanol–water partition coefficient (Wildman–Crippen LogP) is 17.2. The molecule has 3 N–H and O–H groups in total. The number of ether oxygens (including phenoxy) is 1. The molecule has 0 aromatic heterocycles. The highest BCUT2D eigenvalue weighted by atomic mass is 16.5. The molecule has 376 valence electrons. The van der Waals surface area contributed by atoms with Crippen molar-refractivity contribution in [2.45, 2.75) is 309 Å². The van der Waals surface area contributed by atoms with E-state index in [-0.39, 0.29) is 18.5 Å². The Labute approximate surface area is 398 Å². The lowest BCUT2D eigenvalue weighted by Crippen LogP contribution is -2.45. The normalized spacial score (nSPS) is 12.9. The average molecular weight is 901 g/mol. The van der Waals surface area contributed by atoms with Crippen molar-refractivity contribution >= 4 is 11.9 Å². The maximum absolute atomic E-state index is 12.4. The summed E-state index contributed by atoms with van der Waals surface area (Å²) in [6.45, 7) is 4.90. The number of nitrogens with one attached hydrogen (secondary N) is 1. The van der Waals surface area contributed by atoms with Crippen LogP contribution in [-0.2, 0) is 14.3 Å². The van der Waals surface area contributed by atoms with Crippen LogP contribution < -0.4 is 5.32 Å². The van der Waals surface area contributed by atoms with Gasteiger partial charge in [-0.25, -0.2) is 0 Å². The van der Waals surface area contributed by atoms with E-state index in [1.165, 1.54) is 180 Å². The molecular weight excluding hydrogens is 791 g/mol. The average Bonchev–Trinajstić information content (AvgIpc) is 3.29. The van der Waals surface area contributed by atoms with Crippen LogP contribution in [0.4, 0.5) is 0 Å². The highest BCUT2D eigenvalue weighted by molar-refractivity contribution is 5.76. The van der Waals surface area contributed by atoms with E-state index < -0.39 is 12.1 Å². The van der Waals surface area contributed by atoms with Gasteiger partial charge in [-0.2, -0.15) is 0 Å². The zero-order chi connectivity index (χ0) is 46.5. The number of hydrogen-bond donors (Lipinski definition) is 3. The van der Waals surface area contributed by atoms with Gasteiger partial charge in [-0.3, -0.25) is 9.59 Å². The molecule has 6 nitrogen and oxygen atoms in total. The molecule has 0 bridgehead atoms. The number of unbranched alkanes of at least 4 members (excludes halogenated alkanes) is 35. The molecule has 0 spiro atoms. The molecule has 6 heteroatoms. The number of hydrogen-bond acceptors (Lipinski definition) is 5. The van der Waals surface area contributed by atoms with Crippen LogP contribution in [0.5, 0.6) is 0 Å². The number of allylic oxidation sites excluding steroid dienone is 6. The molecule has 2 unspecified atom stereocenters. The van der Waals surface area contributed by atoms with Gasteiger partial charge in [-0.15, -0.1) is 0 Å². The van der Waals surface area contributed by atoms with Gasteiger partial charge in [0.1, 0.15) is 0 Å². The van der Waals surface area contributed by atoms with E-state index in [1.54, 1.807) is 0 Å². The summed E-state index contributed by atoms with van der Waals surface area (Å²) < 4.78 is 5.46. The number of aliphatic hydroxyl groups excluding tert-OH is 2. The van der Waals surface area contributed by atoms with E-state index in [9.17, 15) is 19.8 Å². The zero-order valence-electron chi connectivity index (χ0n) is 42.8. The monoisotopic (exact) mass is 900 g/mol. The fraction of sp³-hybridized carbons (Fsp3) is 0.862. The Morgan fingerprint density at radius 1 is 0.438 bits per heavy atom. The van der Waals surface area contributed by atoms with Gasteiger partial charge in [0.25, 0.3) is 0 Å². The minimum absolute atomic E-state index is 0.0190. The third-order valence-electron chi connectivity index (χ3n) is 12.9. The second-order valence-electron chi connectivity index (χ2n) is 19.3. The summed E-state index contributed by atoms with van der Waals surface area (Å²) in [5.74, 6) is -0.0705. The molecule has 0 aromatic carbocycles. The number of esters is 1. The van der Waals surface area contributed by atoms with Gasteiger partial charge in [0.2, 0.25) is 5.91 Å². The first-order valence-corrected chi connectivity index (χ1v) is 28.2. The Bertz CT molecular complexity index is 1040. The number of amides is 1. The molecule has 0 saturated heterocycles. The van der Waals surface area contributed by atoms with Gasteiger partial charge >= 0.3 is 5.97 Å². The molecule has 1 amide bonds. The fourth-order valence-corrected chi connectivity index (χ4v) is 8.55. The maximum atomic E-state index is 12.4. The van der Waals surface area contributed by atoms with Crippen molar-refractivity contribution in [2.24, 2.45) is 0 Å². The highest BCUT2D eigenvalue weighted by Crippen LogP contribution is 2.16. The molecule has 2 atom stereocenters. The second kappa shape index (κ2) is 53.7. The molecule has 64 heavy (non-hydrogen) atoms. The Balaban J connectivity index is 3.49. The van der Waals surface area contributed by atoms with Crippen molar-refractivity contribution in [2.75, 3.05) is 13.2 Å². The van der Waals surface area contributed by atoms with Gasteiger partial charge < -0.3 is 20.3 Å². The second-order valence-corrected chi connectivity index (χ2v) is 19.3. The molecule has 0 radical (unpaired) electrons. The molecule has 0 saturated carbocycles. The van der Waals surface area contributed by atoms with Crippen LogP contribution in [0.1, 0.15) is 296 Å². The number of rotatable bonds is 52. The SMILES string of the molecule is CCCCCCCC/C=C\CCCCCCCCCC(=O)OCCCCC/C=C\C/C=C\CCCCCCCCCC(=O)NC(CO)C(O)CCCCCCCCCCCCCCC. The van der Waals surface area contributed by atoms with E-state index in [0.29, 0.717) is 25.9 Å². The van der Waals surface area contributed by atoms with Crippen molar-refractivity contribution in [3.8, 4) is 0 Å². The van der Waals surface area contributed by atoms with Crippen molar-refractivity contribution in [1.29, 1.82) is 0 Å². The largest absolute Gasteiger partial charge is 0.466 e. The first kappa shape index (κ1) is 62.1. The van der Waals surface area contributed by atoms with Crippen molar-refractivity contribution in [3.05, 3.63) is 36.5 Å². The molecule has 0 fully saturated rings. The summed E-state index contributed by atoms with van der Waals surface area (Å²) in [5.41, 5.74) is 0. The summed E-state index contributed by atoms with van der Waals surface area (Å²) in [7, 11) is 0. The lowest BCUT2D eigenvalue weighted by Gasteiger charge is -2.22. The van der Waals surface area contributed by atoms with E-state index >= 15 is 0 Å². The van der Waals surface area contributed by atoms with E-state index in [2.05, 4.69) is 55.6 Å².